The van der Waals surface area contributed by atoms with Crippen LogP contribution in [0.1, 0.15) is 22.1 Å². The van der Waals surface area contributed by atoms with Crippen LogP contribution >= 0.6 is 11.3 Å². The summed E-state index contributed by atoms with van der Waals surface area (Å²) in [5.41, 5.74) is 2.04. The molecule has 1 atom stereocenters. The zero-order valence-corrected chi connectivity index (χ0v) is 12.7. The number of nitrogens with zero attached hydrogens (tertiary/aromatic N) is 1. The fourth-order valence-electron chi connectivity index (χ4n) is 2.68. The lowest BCUT2D eigenvalue weighted by Crippen LogP contribution is -2.33. The normalized spacial score (nSPS) is 16.5. The van der Waals surface area contributed by atoms with E-state index in [0.717, 1.165) is 19.5 Å². The number of fused-ring (bicyclic) bond motifs is 1. The Morgan fingerprint density at radius 3 is 2.73 bits per heavy atom. The van der Waals surface area contributed by atoms with Gasteiger partial charge in [-0.05, 0) is 41.1 Å². The average molecular weight is 325 g/mol. The zero-order valence-electron chi connectivity index (χ0n) is 11.9. The number of ether oxygens (including phenoxy) is 1. The van der Waals surface area contributed by atoms with Crippen molar-refractivity contribution in [2.75, 3.05) is 13.1 Å². The number of halogens is 2. The second kappa shape index (κ2) is 6.73. The van der Waals surface area contributed by atoms with Gasteiger partial charge in [-0.3, -0.25) is 4.90 Å². The second-order valence-electron chi connectivity index (χ2n) is 5.32. The monoisotopic (exact) mass is 325 g/mol. The Hall–Kier alpha value is -1.50. The SMILES string of the molecule is OC(CN1CCc2sccc2C1)c1ccc(OC(F)F)cc1. The van der Waals surface area contributed by atoms with E-state index in [0.29, 0.717) is 12.1 Å². The van der Waals surface area contributed by atoms with Crippen LogP contribution in [0.4, 0.5) is 8.78 Å². The predicted molar refractivity (Wildman–Crippen MR) is 81.3 cm³/mol. The molecule has 3 rings (SSSR count). The van der Waals surface area contributed by atoms with Gasteiger partial charge in [-0.15, -0.1) is 11.3 Å². The van der Waals surface area contributed by atoms with Gasteiger partial charge in [0.15, 0.2) is 0 Å². The zero-order chi connectivity index (χ0) is 15.5. The van der Waals surface area contributed by atoms with Gasteiger partial charge in [0.05, 0.1) is 6.10 Å². The van der Waals surface area contributed by atoms with Crippen LogP contribution in [0, 0.1) is 0 Å². The van der Waals surface area contributed by atoms with Crippen molar-refractivity contribution >= 4 is 11.3 Å². The first kappa shape index (κ1) is 15.4. The topological polar surface area (TPSA) is 32.7 Å². The molecule has 0 bridgehead atoms. The number of hydrogen-bond acceptors (Lipinski definition) is 4. The van der Waals surface area contributed by atoms with Gasteiger partial charge in [-0.1, -0.05) is 12.1 Å². The third-order valence-electron chi connectivity index (χ3n) is 3.81. The molecule has 22 heavy (non-hydrogen) atoms. The summed E-state index contributed by atoms with van der Waals surface area (Å²) in [6, 6.07) is 8.30. The highest BCUT2D eigenvalue weighted by molar-refractivity contribution is 7.10. The maximum Gasteiger partial charge on any atom is 0.387 e. The van der Waals surface area contributed by atoms with Crippen molar-refractivity contribution < 1.29 is 18.6 Å². The molecular formula is C16H17F2NO2S. The minimum atomic E-state index is -2.83. The molecule has 0 saturated heterocycles. The highest BCUT2D eigenvalue weighted by Gasteiger charge is 2.20. The average Bonchev–Trinajstić information content (AvgIpc) is 2.95. The van der Waals surface area contributed by atoms with Gasteiger partial charge in [0.2, 0.25) is 0 Å². The summed E-state index contributed by atoms with van der Waals surface area (Å²) in [5, 5.41) is 12.4. The van der Waals surface area contributed by atoms with Gasteiger partial charge in [0.25, 0.3) is 0 Å². The third kappa shape index (κ3) is 3.63. The van der Waals surface area contributed by atoms with Crippen molar-refractivity contribution in [2.45, 2.75) is 25.7 Å². The smallest absolute Gasteiger partial charge is 0.387 e. The summed E-state index contributed by atoms with van der Waals surface area (Å²) >= 11 is 1.78. The van der Waals surface area contributed by atoms with E-state index in [1.807, 2.05) is 0 Å². The highest BCUT2D eigenvalue weighted by atomic mass is 32.1. The van der Waals surface area contributed by atoms with Crippen molar-refractivity contribution in [3.8, 4) is 5.75 Å². The van der Waals surface area contributed by atoms with E-state index in [9.17, 15) is 13.9 Å². The number of hydrogen-bond donors (Lipinski definition) is 1. The van der Waals surface area contributed by atoms with Crippen LogP contribution in [0.2, 0.25) is 0 Å². The van der Waals surface area contributed by atoms with Crippen molar-refractivity contribution in [1.82, 2.24) is 4.90 Å². The van der Waals surface area contributed by atoms with Crippen LogP contribution in [-0.4, -0.2) is 29.7 Å². The molecule has 2 heterocycles. The first-order valence-corrected chi connectivity index (χ1v) is 8.00. The number of alkyl halides is 2. The Morgan fingerprint density at radius 2 is 2.00 bits per heavy atom. The Labute approximate surface area is 131 Å². The van der Waals surface area contributed by atoms with Crippen LogP contribution in [0.5, 0.6) is 5.75 Å². The molecule has 0 saturated carbocycles. The van der Waals surface area contributed by atoms with Crippen LogP contribution in [0.15, 0.2) is 35.7 Å². The Morgan fingerprint density at radius 1 is 1.23 bits per heavy atom. The van der Waals surface area contributed by atoms with E-state index in [1.165, 1.54) is 22.6 Å². The second-order valence-corrected chi connectivity index (χ2v) is 6.32. The number of benzene rings is 1. The molecule has 0 spiro atoms. The molecule has 1 aliphatic rings. The maximum absolute atomic E-state index is 12.1. The fourth-order valence-corrected chi connectivity index (χ4v) is 3.57. The van der Waals surface area contributed by atoms with Crippen LogP contribution in [-0.2, 0) is 13.0 Å². The summed E-state index contributed by atoms with van der Waals surface area (Å²) in [7, 11) is 0. The fraction of sp³-hybridized carbons (Fsp3) is 0.375. The van der Waals surface area contributed by atoms with Gasteiger partial charge >= 0.3 is 6.61 Å². The minimum Gasteiger partial charge on any atom is -0.435 e. The van der Waals surface area contributed by atoms with Crippen molar-refractivity contribution in [3.05, 3.63) is 51.7 Å². The quantitative estimate of drug-likeness (QED) is 0.914. The number of rotatable bonds is 5. The molecule has 1 aromatic heterocycles. The lowest BCUT2D eigenvalue weighted by atomic mass is 10.1. The molecular weight excluding hydrogens is 308 g/mol. The summed E-state index contributed by atoms with van der Waals surface area (Å²) in [5.74, 6) is 0.104. The molecule has 2 aromatic rings. The van der Waals surface area contributed by atoms with E-state index in [-0.39, 0.29) is 5.75 Å². The first-order chi connectivity index (χ1) is 10.6. The molecule has 6 heteroatoms. The van der Waals surface area contributed by atoms with Crippen LogP contribution in [0.3, 0.4) is 0 Å². The Kier molecular flexibility index (Phi) is 4.71. The molecule has 0 radical (unpaired) electrons. The summed E-state index contributed by atoms with van der Waals surface area (Å²) in [6.45, 7) is -0.520. The Balaban J connectivity index is 1.59. The van der Waals surface area contributed by atoms with Gasteiger partial charge in [-0.2, -0.15) is 8.78 Å². The first-order valence-electron chi connectivity index (χ1n) is 7.12. The summed E-state index contributed by atoms with van der Waals surface area (Å²) in [6.07, 6.45) is 0.377. The number of aliphatic hydroxyl groups excluding tert-OH is 1. The molecule has 0 fully saturated rings. The van der Waals surface area contributed by atoms with Gasteiger partial charge in [0, 0.05) is 24.5 Å². The van der Waals surface area contributed by atoms with Crippen molar-refractivity contribution in [1.29, 1.82) is 0 Å². The van der Waals surface area contributed by atoms with Gasteiger partial charge in [-0.25, -0.2) is 0 Å². The standard InChI is InChI=1S/C16H17F2NO2S/c17-16(18)21-13-3-1-11(2-4-13)14(20)10-19-7-5-15-12(9-19)6-8-22-15/h1-4,6,8,14,16,20H,5,7,9-10H2. The molecule has 3 nitrogen and oxygen atoms in total. The van der Waals surface area contributed by atoms with E-state index in [4.69, 9.17) is 0 Å². The van der Waals surface area contributed by atoms with Gasteiger partial charge < -0.3 is 9.84 Å². The lowest BCUT2D eigenvalue weighted by Gasteiger charge is -2.28. The molecule has 0 amide bonds. The third-order valence-corrected chi connectivity index (χ3v) is 4.83. The predicted octanol–water partition coefficient (Wildman–Crippen LogP) is 3.44. The summed E-state index contributed by atoms with van der Waals surface area (Å²) < 4.78 is 28.5. The number of aliphatic hydroxyl groups is 1. The minimum absolute atomic E-state index is 0.104. The van der Waals surface area contributed by atoms with E-state index >= 15 is 0 Å². The number of thiophene rings is 1. The molecule has 1 N–H and O–H groups in total. The van der Waals surface area contributed by atoms with Crippen molar-refractivity contribution in [2.24, 2.45) is 0 Å². The highest BCUT2D eigenvalue weighted by Crippen LogP contribution is 2.26. The molecule has 1 aliphatic heterocycles. The number of β-amino-alcohol motifs (C(OH)–C–C–N with tert-alkyl or cyclic N) is 1. The van der Waals surface area contributed by atoms with Crippen LogP contribution < -0.4 is 4.74 Å². The van der Waals surface area contributed by atoms with Gasteiger partial charge in [0.1, 0.15) is 5.75 Å². The van der Waals surface area contributed by atoms with Crippen molar-refractivity contribution in [3.63, 3.8) is 0 Å². The molecule has 118 valence electrons. The molecule has 1 aromatic carbocycles. The van der Waals surface area contributed by atoms with E-state index in [1.54, 1.807) is 23.5 Å². The van der Waals surface area contributed by atoms with E-state index in [2.05, 4.69) is 21.1 Å². The van der Waals surface area contributed by atoms with Crippen LogP contribution in [0.25, 0.3) is 0 Å². The lowest BCUT2D eigenvalue weighted by molar-refractivity contribution is -0.0498. The largest absolute Gasteiger partial charge is 0.435 e. The summed E-state index contributed by atoms with van der Waals surface area (Å²) in [4.78, 5) is 3.64. The molecule has 1 unspecified atom stereocenters. The molecule has 0 aliphatic carbocycles. The van der Waals surface area contributed by atoms with E-state index < -0.39 is 12.7 Å². The maximum atomic E-state index is 12.1. The Bertz CT molecular complexity index is 615.